The monoisotopic (exact) mass is 347 g/mol. The summed E-state index contributed by atoms with van der Waals surface area (Å²) in [5, 5.41) is 12.7. The largest absolute Gasteiger partial charge is 0.387 e. The van der Waals surface area contributed by atoms with Gasteiger partial charge in [0, 0.05) is 17.4 Å². The molecule has 1 atom stereocenters. The molecule has 0 aliphatic carbocycles. The van der Waals surface area contributed by atoms with Gasteiger partial charge in [-0.25, -0.2) is 0 Å². The third kappa shape index (κ3) is 4.99. The van der Waals surface area contributed by atoms with E-state index >= 15 is 0 Å². The van der Waals surface area contributed by atoms with Crippen molar-refractivity contribution in [3.05, 3.63) is 70.2 Å². The van der Waals surface area contributed by atoms with Crippen molar-refractivity contribution in [3.8, 4) is 0 Å². The molecule has 0 unspecified atom stereocenters. The first kappa shape index (κ1) is 15.7. The second-order valence-electron chi connectivity index (χ2n) is 4.82. The Balaban J connectivity index is 1.76. The molecule has 0 saturated carbocycles. The van der Waals surface area contributed by atoms with Crippen molar-refractivity contribution in [2.24, 2.45) is 0 Å². The van der Waals surface area contributed by atoms with E-state index in [0.717, 1.165) is 15.6 Å². The third-order valence-corrected chi connectivity index (χ3v) is 4.03. The molecule has 0 heterocycles. The number of hydrogen-bond donors (Lipinski definition) is 2. The van der Waals surface area contributed by atoms with Crippen LogP contribution in [0, 0.1) is 0 Å². The molecule has 0 bridgehead atoms. The minimum atomic E-state index is -0.668. The summed E-state index contributed by atoms with van der Waals surface area (Å²) in [6.45, 7) is 0.235. The van der Waals surface area contributed by atoms with E-state index in [9.17, 15) is 9.90 Å². The van der Waals surface area contributed by atoms with Gasteiger partial charge in [0.2, 0.25) is 5.91 Å². The first-order valence-corrected chi connectivity index (χ1v) is 7.69. The molecule has 0 radical (unpaired) electrons. The lowest BCUT2D eigenvalue weighted by Crippen LogP contribution is -2.28. The molecule has 2 rings (SSSR count). The Labute approximate surface area is 133 Å². The number of aliphatic hydroxyl groups is 1. The molecule has 2 N–H and O–H groups in total. The summed E-state index contributed by atoms with van der Waals surface area (Å²) in [6, 6.07) is 17.2. The molecule has 0 aliphatic heterocycles. The minimum Gasteiger partial charge on any atom is -0.387 e. The Bertz CT molecular complexity index is 586. The number of carbonyl (C=O) groups is 1. The molecule has 3 nitrogen and oxygen atoms in total. The number of aliphatic hydroxyl groups excluding tert-OH is 1. The van der Waals surface area contributed by atoms with Crippen LogP contribution in [-0.2, 0) is 11.2 Å². The van der Waals surface area contributed by atoms with Gasteiger partial charge in [0.05, 0.1) is 6.10 Å². The number of hydrogen-bond acceptors (Lipinski definition) is 2. The van der Waals surface area contributed by atoms with Crippen LogP contribution < -0.4 is 5.32 Å². The molecule has 0 spiro atoms. The van der Waals surface area contributed by atoms with Gasteiger partial charge >= 0.3 is 0 Å². The van der Waals surface area contributed by atoms with Gasteiger partial charge in [-0.15, -0.1) is 0 Å². The number of benzene rings is 2. The normalized spacial score (nSPS) is 11.9. The standard InChI is InChI=1S/C17H18BrNO2/c18-15-9-5-4-6-13(15)10-11-17(21)19-12-16(20)14-7-2-1-3-8-14/h1-9,16,20H,10-12H2,(H,19,21)/t16-/m0/s1. The maximum atomic E-state index is 11.8. The van der Waals surface area contributed by atoms with Gasteiger partial charge in [-0.1, -0.05) is 64.5 Å². The number of aryl methyl sites for hydroxylation is 1. The molecular weight excluding hydrogens is 330 g/mol. The van der Waals surface area contributed by atoms with Crippen LogP contribution in [0.2, 0.25) is 0 Å². The van der Waals surface area contributed by atoms with Crippen molar-refractivity contribution < 1.29 is 9.90 Å². The topological polar surface area (TPSA) is 49.3 Å². The number of halogens is 1. The predicted octanol–water partition coefficient (Wildman–Crippen LogP) is 3.23. The van der Waals surface area contributed by atoms with Crippen molar-refractivity contribution in [2.75, 3.05) is 6.54 Å². The van der Waals surface area contributed by atoms with Crippen LogP contribution in [-0.4, -0.2) is 17.6 Å². The second kappa shape index (κ2) is 7.96. The molecular formula is C17H18BrNO2. The van der Waals surface area contributed by atoms with Crippen LogP contribution in [0.3, 0.4) is 0 Å². The van der Waals surface area contributed by atoms with Crippen LogP contribution >= 0.6 is 15.9 Å². The average molecular weight is 348 g/mol. The van der Waals surface area contributed by atoms with Crippen LogP contribution in [0.15, 0.2) is 59.1 Å². The molecule has 1 amide bonds. The number of carbonyl (C=O) groups excluding carboxylic acids is 1. The highest BCUT2D eigenvalue weighted by molar-refractivity contribution is 9.10. The summed E-state index contributed by atoms with van der Waals surface area (Å²) < 4.78 is 1.02. The first-order chi connectivity index (χ1) is 10.2. The molecule has 0 fully saturated rings. The van der Waals surface area contributed by atoms with Gasteiger partial charge < -0.3 is 10.4 Å². The maximum Gasteiger partial charge on any atom is 0.220 e. The third-order valence-electron chi connectivity index (χ3n) is 3.26. The van der Waals surface area contributed by atoms with Crippen molar-refractivity contribution in [3.63, 3.8) is 0 Å². The Morgan fingerprint density at radius 2 is 1.76 bits per heavy atom. The van der Waals surface area contributed by atoms with Crippen LogP contribution in [0.25, 0.3) is 0 Å². The molecule has 2 aromatic carbocycles. The van der Waals surface area contributed by atoms with Crippen molar-refractivity contribution in [1.29, 1.82) is 0 Å². The van der Waals surface area contributed by atoms with Crippen molar-refractivity contribution >= 4 is 21.8 Å². The Kier molecular flexibility index (Phi) is 5.96. The van der Waals surface area contributed by atoms with Crippen LogP contribution in [0.1, 0.15) is 23.7 Å². The highest BCUT2D eigenvalue weighted by atomic mass is 79.9. The quantitative estimate of drug-likeness (QED) is 0.842. The predicted molar refractivity (Wildman–Crippen MR) is 86.9 cm³/mol. The zero-order valence-electron chi connectivity index (χ0n) is 11.6. The van der Waals surface area contributed by atoms with Crippen molar-refractivity contribution in [1.82, 2.24) is 5.32 Å². The fourth-order valence-electron chi connectivity index (χ4n) is 2.04. The lowest BCUT2D eigenvalue weighted by Gasteiger charge is -2.12. The van der Waals surface area contributed by atoms with Gasteiger partial charge in [-0.05, 0) is 23.6 Å². The van der Waals surface area contributed by atoms with Crippen LogP contribution in [0.5, 0.6) is 0 Å². The zero-order chi connectivity index (χ0) is 15.1. The number of nitrogens with one attached hydrogen (secondary N) is 1. The first-order valence-electron chi connectivity index (χ1n) is 6.90. The average Bonchev–Trinajstić information content (AvgIpc) is 2.52. The molecule has 0 aliphatic rings. The maximum absolute atomic E-state index is 11.8. The fraction of sp³-hybridized carbons (Fsp3) is 0.235. The number of rotatable bonds is 6. The summed E-state index contributed by atoms with van der Waals surface area (Å²) in [5.41, 5.74) is 1.92. The van der Waals surface area contributed by atoms with E-state index in [4.69, 9.17) is 0 Å². The van der Waals surface area contributed by atoms with E-state index < -0.39 is 6.10 Å². The van der Waals surface area contributed by atoms with E-state index in [2.05, 4.69) is 21.2 Å². The Morgan fingerprint density at radius 1 is 1.10 bits per heavy atom. The molecule has 4 heteroatoms. The lowest BCUT2D eigenvalue weighted by atomic mass is 10.1. The molecule has 0 aromatic heterocycles. The highest BCUT2D eigenvalue weighted by Crippen LogP contribution is 2.17. The molecule has 0 saturated heterocycles. The van der Waals surface area contributed by atoms with Crippen molar-refractivity contribution in [2.45, 2.75) is 18.9 Å². The molecule has 110 valence electrons. The van der Waals surface area contributed by atoms with E-state index in [1.165, 1.54) is 0 Å². The Hall–Kier alpha value is -1.65. The van der Waals surface area contributed by atoms with E-state index in [0.29, 0.717) is 12.8 Å². The molecule has 21 heavy (non-hydrogen) atoms. The summed E-state index contributed by atoms with van der Waals surface area (Å²) >= 11 is 3.47. The van der Waals surface area contributed by atoms with Gasteiger partial charge in [-0.2, -0.15) is 0 Å². The second-order valence-corrected chi connectivity index (χ2v) is 5.68. The van der Waals surface area contributed by atoms with Gasteiger partial charge in [-0.3, -0.25) is 4.79 Å². The smallest absolute Gasteiger partial charge is 0.220 e. The SMILES string of the molecule is O=C(CCc1ccccc1Br)NC[C@H](O)c1ccccc1. The van der Waals surface area contributed by atoms with E-state index in [-0.39, 0.29) is 12.5 Å². The summed E-state index contributed by atoms with van der Waals surface area (Å²) in [4.78, 5) is 11.8. The zero-order valence-corrected chi connectivity index (χ0v) is 13.2. The van der Waals surface area contributed by atoms with Gasteiger partial charge in [0.1, 0.15) is 0 Å². The van der Waals surface area contributed by atoms with Gasteiger partial charge in [0.15, 0.2) is 0 Å². The lowest BCUT2D eigenvalue weighted by molar-refractivity contribution is -0.121. The van der Waals surface area contributed by atoms with Crippen LogP contribution in [0.4, 0.5) is 0 Å². The fourth-order valence-corrected chi connectivity index (χ4v) is 2.52. The van der Waals surface area contributed by atoms with E-state index in [1.807, 2.05) is 54.6 Å². The highest BCUT2D eigenvalue weighted by Gasteiger charge is 2.09. The number of amides is 1. The summed E-state index contributed by atoms with van der Waals surface area (Å²) in [7, 11) is 0. The Morgan fingerprint density at radius 3 is 2.48 bits per heavy atom. The molecule has 2 aromatic rings. The summed E-state index contributed by atoms with van der Waals surface area (Å²) in [5.74, 6) is -0.0549. The van der Waals surface area contributed by atoms with Gasteiger partial charge in [0.25, 0.3) is 0 Å². The minimum absolute atomic E-state index is 0.0549. The van der Waals surface area contributed by atoms with E-state index in [1.54, 1.807) is 0 Å². The summed E-state index contributed by atoms with van der Waals surface area (Å²) in [6.07, 6.45) is 0.414.